The summed E-state index contributed by atoms with van der Waals surface area (Å²) in [6.07, 6.45) is 2.66. The molecule has 204 valence electrons. The van der Waals surface area contributed by atoms with E-state index in [0.29, 0.717) is 43.2 Å². The molecule has 1 aliphatic rings. The van der Waals surface area contributed by atoms with E-state index in [1.165, 1.54) is 23.1 Å². The number of benzene rings is 3. The van der Waals surface area contributed by atoms with Crippen LogP contribution in [0.2, 0.25) is 0 Å². The lowest BCUT2D eigenvalue weighted by molar-refractivity contribution is -0.131. The summed E-state index contributed by atoms with van der Waals surface area (Å²) in [5.41, 5.74) is 3.62. The number of likely N-dealkylation sites (N-methyl/N-ethyl adjacent to an activating group) is 1. The van der Waals surface area contributed by atoms with Crippen molar-refractivity contribution in [3.63, 3.8) is 0 Å². The van der Waals surface area contributed by atoms with Crippen LogP contribution in [0.4, 0.5) is 14.5 Å². The molecule has 2 atom stereocenters. The second-order valence-electron chi connectivity index (χ2n) is 9.76. The SMILES string of the molecule is CN1C(=O)C(NC(=O)C(CCCCCCF)NC(=O)Cc2cccc(F)c2)c2ccccc2-c2ccccc21. The average Bonchev–Trinajstić information content (AvgIpc) is 3.02. The van der Waals surface area contributed by atoms with Gasteiger partial charge in [0.2, 0.25) is 11.8 Å². The predicted octanol–water partition coefficient (Wildman–Crippen LogP) is 5.27. The van der Waals surface area contributed by atoms with Gasteiger partial charge in [-0.1, -0.05) is 73.9 Å². The van der Waals surface area contributed by atoms with Gasteiger partial charge < -0.3 is 15.5 Å². The molecule has 8 heteroatoms. The van der Waals surface area contributed by atoms with Crippen molar-refractivity contribution in [1.82, 2.24) is 10.6 Å². The maximum absolute atomic E-state index is 13.6. The Morgan fingerprint density at radius 1 is 0.923 bits per heavy atom. The zero-order valence-electron chi connectivity index (χ0n) is 22.0. The van der Waals surface area contributed by atoms with Crippen LogP contribution in [0.15, 0.2) is 72.8 Å². The number of carbonyl (C=O) groups is 3. The molecule has 3 amide bonds. The van der Waals surface area contributed by atoms with Gasteiger partial charge in [-0.3, -0.25) is 18.8 Å². The van der Waals surface area contributed by atoms with Gasteiger partial charge in [-0.25, -0.2) is 4.39 Å². The second kappa shape index (κ2) is 13.1. The number of hydrogen-bond acceptors (Lipinski definition) is 3. The highest BCUT2D eigenvalue weighted by Gasteiger charge is 2.34. The molecular weight excluding hydrogens is 500 g/mol. The number of halogens is 2. The van der Waals surface area contributed by atoms with Gasteiger partial charge in [0.05, 0.1) is 18.8 Å². The molecule has 0 aromatic heterocycles. The quantitative estimate of drug-likeness (QED) is 0.330. The molecule has 0 bridgehead atoms. The Bertz CT molecular complexity index is 1330. The molecule has 2 N–H and O–H groups in total. The molecule has 6 nitrogen and oxygen atoms in total. The smallest absolute Gasteiger partial charge is 0.253 e. The summed E-state index contributed by atoms with van der Waals surface area (Å²) < 4.78 is 26.1. The summed E-state index contributed by atoms with van der Waals surface area (Å²) in [5, 5.41) is 5.67. The Balaban J connectivity index is 1.55. The Labute approximate surface area is 227 Å². The second-order valence-corrected chi connectivity index (χ2v) is 9.76. The maximum atomic E-state index is 13.6. The third-order valence-corrected chi connectivity index (χ3v) is 6.97. The van der Waals surface area contributed by atoms with Gasteiger partial charge >= 0.3 is 0 Å². The topological polar surface area (TPSA) is 78.5 Å². The van der Waals surface area contributed by atoms with E-state index in [4.69, 9.17) is 0 Å². The highest BCUT2D eigenvalue weighted by Crippen LogP contribution is 2.39. The van der Waals surface area contributed by atoms with Crippen molar-refractivity contribution in [2.75, 3.05) is 18.6 Å². The van der Waals surface area contributed by atoms with Crippen LogP contribution >= 0.6 is 0 Å². The monoisotopic (exact) mass is 533 g/mol. The average molecular weight is 534 g/mol. The highest BCUT2D eigenvalue weighted by atomic mass is 19.1. The largest absolute Gasteiger partial charge is 0.344 e. The van der Waals surface area contributed by atoms with Crippen LogP contribution in [0, 0.1) is 5.82 Å². The molecule has 0 spiro atoms. The number of nitrogens with one attached hydrogen (secondary N) is 2. The van der Waals surface area contributed by atoms with Crippen molar-refractivity contribution in [1.29, 1.82) is 0 Å². The van der Waals surface area contributed by atoms with Crippen LogP contribution in [0.3, 0.4) is 0 Å². The van der Waals surface area contributed by atoms with Crippen molar-refractivity contribution in [3.05, 3.63) is 89.7 Å². The standard InChI is InChI=1S/C31H33F2N3O3/c1-36-27-17-8-7-14-24(27)23-13-5-6-15-25(23)29(31(36)39)35-30(38)26(16-4-2-3-9-18-32)34-28(37)20-21-11-10-12-22(33)19-21/h5-8,10-15,17,19,26,29H,2-4,9,16,18,20H2,1H3,(H,34,37)(H,35,38). The highest BCUT2D eigenvalue weighted by molar-refractivity contribution is 6.06. The number of rotatable bonds is 11. The molecule has 0 aliphatic carbocycles. The minimum absolute atomic E-state index is 0.0906. The molecular formula is C31H33F2N3O3. The number of alkyl halides is 1. The Hall–Kier alpha value is -4.07. The Kier molecular flexibility index (Phi) is 9.41. The fraction of sp³-hybridized carbons (Fsp3) is 0.323. The summed E-state index contributed by atoms with van der Waals surface area (Å²) >= 11 is 0. The van der Waals surface area contributed by atoms with E-state index >= 15 is 0 Å². The van der Waals surface area contributed by atoms with Gasteiger partial charge in [0, 0.05) is 12.6 Å². The summed E-state index contributed by atoms with van der Waals surface area (Å²) in [6, 6.07) is 18.9. The molecule has 3 aromatic carbocycles. The fourth-order valence-corrected chi connectivity index (χ4v) is 4.96. The molecule has 39 heavy (non-hydrogen) atoms. The molecule has 2 unspecified atom stereocenters. The first-order chi connectivity index (χ1) is 18.9. The van der Waals surface area contributed by atoms with E-state index in [2.05, 4.69) is 10.6 Å². The first kappa shape index (κ1) is 28.0. The minimum atomic E-state index is -0.958. The van der Waals surface area contributed by atoms with Crippen molar-refractivity contribution >= 4 is 23.4 Å². The van der Waals surface area contributed by atoms with E-state index in [9.17, 15) is 23.2 Å². The van der Waals surface area contributed by atoms with E-state index < -0.39 is 36.4 Å². The maximum Gasteiger partial charge on any atom is 0.253 e. The fourth-order valence-electron chi connectivity index (χ4n) is 4.96. The number of fused-ring (bicyclic) bond motifs is 3. The first-order valence-corrected chi connectivity index (χ1v) is 13.2. The minimum Gasteiger partial charge on any atom is -0.344 e. The lowest BCUT2D eigenvalue weighted by Crippen LogP contribution is -2.50. The van der Waals surface area contributed by atoms with Crippen LogP contribution in [-0.4, -0.2) is 37.5 Å². The third-order valence-electron chi connectivity index (χ3n) is 6.97. The Morgan fingerprint density at radius 3 is 2.41 bits per heavy atom. The van der Waals surface area contributed by atoms with Crippen molar-refractivity contribution in [3.8, 4) is 11.1 Å². The van der Waals surface area contributed by atoms with Gasteiger partial charge in [0.15, 0.2) is 0 Å². The van der Waals surface area contributed by atoms with E-state index in [-0.39, 0.29) is 12.3 Å². The molecule has 0 saturated heterocycles. The van der Waals surface area contributed by atoms with Gasteiger partial charge in [-0.05, 0) is 47.7 Å². The van der Waals surface area contributed by atoms with Crippen molar-refractivity contribution < 1.29 is 23.2 Å². The van der Waals surface area contributed by atoms with Crippen LogP contribution in [0.25, 0.3) is 11.1 Å². The number of amides is 3. The van der Waals surface area contributed by atoms with E-state index in [0.717, 1.165) is 16.8 Å². The van der Waals surface area contributed by atoms with Gasteiger partial charge in [-0.2, -0.15) is 0 Å². The number of carbonyl (C=O) groups excluding carboxylic acids is 3. The zero-order valence-corrected chi connectivity index (χ0v) is 22.0. The van der Waals surface area contributed by atoms with Crippen LogP contribution in [-0.2, 0) is 20.8 Å². The van der Waals surface area contributed by atoms with Crippen LogP contribution < -0.4 is 15.5 Å². The van der Waals surface area contributed by atoms with Crippen molar-refractivity contribution in [2.45, 2.75) is 50.6 Å². The van der Waals surface area contributed by atoms with E-state index in [1.807, 2.05) is 48.5 Å². The molecule has 4 rings (SSSR count). The number of hydrogen-bond donors (Lipinski definition) is 2. The predicted molar refractivity (Wildman–Crippen MR) is 147 cm³/mol. The molecule has 1 aliphatic heterocycles. The van der Waals surface area contributed by atoms with Crippen LogP contribution in [0.1, 0.15) is 49.3 Å². The zero-order chi connectivity index (χ0) is 27.8. The number of anilines is 1. The lowest BCUT2D eigenvalue weighted by atomic mass is 9.95. The lowest BCUT2D eigenvalue weighted by Gasteiger charge is -2.25. The number of nitrogens with zero attached hydrogens (tertiary/aromatic N) is 1. The number of unbranched alkanes of at least 4 members (excludes halogenated alkanes) is 3. The molecule has 3 aromatic rings. The van der Waals surface area contributed by atoms with Gasteiger partial charge in [0.1, 0.15) is 17.9 Å². The first-order valence-electron chi connectivity index (χ1n) is 13.2. The summed E-state index contributed by atoms with van der Waals surface area (Å²) in [5.74, 6) is -1.66. The molecule has 0 saturated carbocycles. The summed E-state index contributed by atoms with van der Waals surface area (Å²) in [4.78, 5) is 41.6. The van der Waals surface area contributed by atoms with Crippen molar-refractivity contribution in [2.24, 2.45) is 0 Å². The van der Waals surface area contributed by atoms with E-state index in [1.54, 1.807) is 13.1 Å². The van der Waals surface area contributed by atoms with Crippen LogP contribution in [0.5, 0.6) is 0 Å². The van der Waals surface area contributed by atoms with Gasteiger partial charge in [-0.15, -0.1) is 0 Å². The normalized spacial score (nSPS) is 15.1. The molecule has 0 radical (unpaired) electrons. The third kappa shape index (κ3) is 6.88. The number of para-hydroxylation sites is 1. The summed E-state index contributed by atoms with van der Waals surface area (Å²) in [6.45, 7) is -0.395. The molecule has 0 fully saturated rings. The van der Waals surface area contributed by atoms with Gasteiger partial charge in [0.25, 0.3) is 5.91 Å². The molecule has 1 heterocycles. The Morgan fingerprint density at radius 2 is 1.64 bits per heavy atom. The summed E-state index contributed by atoms with van der Waals surface area (Å²) in [7, 11) is 1.68.